The van der Waals surface area contributed by atoms with Crippen molar-refractivity contribution in [2.24, 2.45) is 0 Å². The van der Waals surface area contributed by atoms with Crippen molar-refractivity contribution >= 4 is 40.9 Å². The molecule has 1 N–H and O–H groups in total. The van der Waals surface area contributed by atoms with Crippen LogP contribution in [0.2, 0.25) is 10.0 Å². The molecule has 0 saturated carbocycles. The van der Waals surface area contributed by atoms with Gasteiger partial charge in [0.25, 0.3) is 5.91 Å². The molecule has 2 aromatic rings. The molecule has 0 saturated heterocycles. The number of aryl methyl sites for hydroxylation is 2. The minimum Gasteiger partial charge on any atom is -0.321 e. The monoisotopic (exact) mass is 344 g/mol. The molecule has 0 bridgehead atoms. The number of hydrogen-bond acceptors (Lipinski definition) is 2. The molecular formula is C18H14Cl2N2O. The minimum absolute atomic E-state index is 0.0339. The van der Waals surface area contributed by atoms with Crippen LogP contribution in [0.3, 0.4) is 0 Å². The molecule has 5 heteroatoms. The summed E-state index contributed by atoms with van der Waals surface area (Å²) in [7, 11) is 0. The van der Waals surface area contributed by atoms with Gasteiger partial charge in [-0.1, -0.05) is 35.3 Å². The summed E-state index contributed by atoms with van der Waals surface area (Å²) in [6, 6.07) is 12.5. The number of benzene rings is 2. The van der Waals surface area contributed by atoms with Crippen LogP contribution in [-0.4, -0.2) is 5.91 Å². The van der Waals surface area contributed by atoms with Crippen LogP contribution >= 0.6 is 23.2 Å². The van der Waals surface area contributed by atoms with Gasteiger partial charge in [-0.25, -0.2) is 0 Å². The van der Waals surface area contributed by atoms with Gasteiger partial charge in [0.2, 0.25) is 0 Å². The highest BCUT2D eigenvalue weighted by atomic mass is 35.5. The standard InChI is InChI=1S/C18H14Cl2N2O/c1-11-5-12(2)7-16(6-11)22-18(23)14(10-21)8-13-3-4-15(19)9-17(13)20/h3-9H,1-2H3,(H,22,23)/b14-8+. The number of carbonyl (C=O) groups excluding carboxylic acids is 1. The lowest BCUT2D eigenvalue weighted by atomic mass is 10.1. The van der Waals surface area contributed by atoms with Crippen LogP contribution in [0.1, 0.15) is 16.7 Å². The fourth-order valence-electron chi connectivity index (χ4n) is 2.17. The topological polar surface area (TPSA) is 52.9 Å². The van der Waals surface area contributed by atoms with Gasteiger partial charge in [0.15, 0.2) is 0 Å². The van der Waals surface area contributed by atoms with Crippen LogP contribution in [0.15, 0.2) is 42.0 Å². The van der Waals surface area contributed by atoms with E-state index in [0.717, 1.165) is 11.1 Å². The van der Waals surface area contributed by atoms with Gasteiger partial charge in [-0.3, -0.25) is 4.79 Å². The molecule has 0 atom stereocenters. The second-order valence-electron chi connectivity index (χ2n) is 5.17. The zero-order chi connectivity index (χ0) is 17.0. The third kappa shape index (κ3) is 4.59. The van der Waals surface area contributed by atoms with Gasteiger partial charge >= 0.3 is 0 Å². The van der Waals surface area contributed by atoms with E-state index in [1.165, 1.54) is 6.08 Å². The molecule has 23 heavy (non-hydrogen) atoms. The van der Waals surface area contributed by atoms with E-state index in [1.807, 2.05) is 38.1 Å². The first kappa shape index (κ1) is 17.1. The van der Waals surface area contributed by atoms with E-state index < -0.39 is 5.91 Å². The van der Waals surface area contributed by atoms with Crippen molar-refractivity contribution in [3.63, 3.8) is 0 Å². The summed E-state index contributed by atoms with van der Waals surface area (Å²) in [5.41, 5.74) is 3.24. The normalized spacial score (nSPS) is 11.0. The quantitative estimate of drug-likeness (QED) is 0.617. The van der Waals surface area contributed by atoms with E-state index in [2.05, 4.69) is 5.32 Å². The van der Waals surface area contributed by atoms with Crippen LogP contribution in [0.4, 0.5) is 5.69 Å². The first-order valence-electron chi connectivity index (χ1n) is 6.85. The van der Waals surface area contributed by atoms with Crippen LogP contribution in [-0.2, 0) is 4.79 Å². The molecular weight excluding hydrogens is 331 g/mol. The fraction of sp³-hybridized carbons (Fsp3) is 0.111. The van der Waals surface area contributed by atoms with Gasteiger partial charge in [-0.05, 0) is 60.9 Å². The Balaban J connectivity index is 2.28. The summed E-state index contributed by atoms with van der Waals surface area (Å²) in [5, 5.41) is 12.8. The third-order valence-corrected chi connectivity index (χ3v) is 3.67. The number of rotatable bonds is 3. The molecule has 0 aliphatic heterocycles. The van der Waals surface area contributed by atoms with Crippen LogP contribution < -0.4 is 5.32 Å². The molecule has 0 aliphatic carbocycles. The van der Waals surface area contributed by atoms with Crippen molar-refractivity contribution in [2.45, 2.75) is 13.8 Å². The Hall–Kier alpha value is -2.28. The first-order chi connectivity index (χ1) is 10.9. The summed E-state index contributed by atoms with van der Waals surface area (Å²) in [6.07, 6.45) is 1.44. The van der Waals surface area contributed by atoms with E-state index in [9.17, 15) is 10.1 Å². The Bertz CT molecular complexity index is 815. The molecule has 0 aliphatic rings. The maximum atomic E-state index is 12.3. The van der Waals surface area contributed by atoms with Crippen molar-refractivity contribution in [1.29, 1.82) is 5.26 Å². The number of amides is 1. The van der Waals surface area contributed by atoms with Gasteiger partial charge in [0.1, 0.15) is 11.6 Å². The lowest BCUT2D eigenvalue weighted by Crippen LogP contribution is -2.13. The molecule has 3 nitrogen and oxygen atoms in total. The highest BCUT2D eigenvalue weighted by molar-refractivity contribution is 6.35. The number of hydrogen-bond donors (Lipinski definition) is 1. The van der Waals surface area contributed by atoms with Crippen molar-refractivity contribution in [1.82, 2.24) is 0 Å². The zero-order valence-electron chi connectivity index (χ0n) is 12.7. The van der Waals surface area contributed by atoms with Crippen LogP contribution in [0.25, 0.3) is 6.08 Å². The minimum atomic E-state index is -0.483. The SMILES string of the molecule is Cc1cc(C)cc(NC(=O)/C(C#N)=C/c2ccc(Cl)cc2Cl)c1. The number of nitrogens with one attached hydrogen (secondary N) is 1. The van der Waals surface area contributed by atoms with Crippen LogP contribution in [0.5, 0.6) is 0 Å². The highest BCUT2D eigenvalue weighted by Gasteiger charge is 2.11. The van der Waals surface area contributed by atoms with Crippen molar-refractivity contribution < 1.29 is 4.79 Å². The summed E-state index contributed by atoms with van der Waals surface area (Å²) in [5.74, 6) is -0.483. The lowest BCUT2D eigenvalue weighted by molar-refractivity contribution is -0.112. The number of halogens is 2. The molecule has 1 amide bonds. The van der Waals surface area contributed by atoms with Gasteiger partial charge in [-0.15, -0.1) is 0 Å². The molecule has 0 heterocycles. The third-order valence-electron chi connectivity index (χ3n) is 3.11. The zero-order valence-corrected chi connectivity index (χ0v) is 14.2. The van der Waals surface area contributed by atoms with Crippen molar-refractivity contribution in [3.8, 4) is 6.07 Å². The number of anilines is 1. The molecule has 2 aromatic carbocycles. The van der Waals surface area contributed by atoms with Gasteiger partial charge in [-0.2, -0.15) is 5.26 Å². The molecule has 2 rings (SSSR count). The molecule has 0 unspecified atom stereocenters. The molecule has 0 spiro atoms. The average molecular weight is 345 g/mol. The molecule has 0 fully saturated rings. The van der Waals surface area contributed by atoms with Crippen molar-refractivity contribution in [3.05, 3.63) is 68.7 Å². The highest BCUT2D eigenvalue weighted by Crippen LogP contribution is 2.23. The lowest BCUT2D eigenvalue weighted by Gasteiger charge is -2.07. The van der Waals surface area contributed by atoms with Gasteiger partial charge in [0.05, 0.1) is 0 Å². The Labute approximate surface area is 145 Å². The van der Waals surface area contributed by atoms with Gasteiger partial charge in [0, 0.05) is 15.7 Å². The fourth-order valence-corrected chi connectivity index (χ4v) is 2.63. The Morgan fingerprint density at radius 3 is 2.35 bits per heavy atom. The van der Waals surface area contributed by atoms with Gasteiger partial charge < -0.3 is 5.32 Å². The number of carbonyl (C=O) groups is 1. The molecule has 0 radical (unpaired) electrons. The largest absolute Gasteiger partial charge is 0.321 e. The van der Waals surface area contributed by atoms with E-state index in [0.29, 0.717) is 21.3 Å². The average Bonchev–Trinajstić information content (AvgIpc) is 2.45. The number of nitrogens with zero attached hydrogens (tertiary/aromatic N) is 1. The van der Waals surface area contributed by atoms with E-state index in [-0.39, 0.29) is 5.57 Å². The maximum absolute atomic E-state index is 12.3. The van der Waals surface area contributed by atoms with E-state index in [1.54, 1.807) is 18.2 Å². The Morgan fingerprint density at radius 2 is 1.78 bits per heavy atom. The second kappa shape index (κ2) is 7.32. The van der Waals surface area contributed by atoms with E-state index in [4.69, 9.17) is 23.2 Å². The summed E-state index contributed by atoms with van der Waals surface area (Å²) in [6.45, 7) is 3.88. The molecule has 116 valence electrons. The Kier molecular flexibility index (Phi) is 5.44. The Morgan fingerprint density at radius 1 is 1.13 bits per heavy atom. The predicted octanol–water partition coefficient (Wildman–Crippen LogP) is 5.16. The summed E-state index contributed by atoms with van der Waals surface area (Å²) < 4.78 is 0. The molecule has 0 aromatic heterocycles. The maximum Gasteiger partial charge on any atom is 0.266 e. The number of nitriles is 1. The summed E-state index contributed by atoms with van der Waals surface area (Å²) >= 11 is 11.9. The summed E-state index contributed by atoms with van der Waals surface area (Å²) in [4.78, 5) is 12.3. The van der Waals surface area contributed by atoms with Crippen LogP contribution in [0, 0.1) is 25.2 Å². The van der Waals surface area contributed by atoms with Crippen molar-refractivity contribution in [2.75, 3.05) is 5.32 Å². The first-order valence-corrected chi connectivity index (χ1v) is 7.61. The smallest absolute Gasteiger partial charge is 0.266 e. The second-order valence-corrected chi connectivity index (χ2v) is 6.01. The predicted molar refractivity (Wildman–Crippen MR) is 94.6 cm³/mol. The van der Waals surface area contributed by atoms with E-state index >= 15 is 0 Å².